The maximum absolute atomic E-state index is 10.6. The lowest BCUT2D eigenvalue weighted by atomic mass is 10.0. The molecule has 0 spiro atoms. The van der Waals surface area contributed by atoms with Crippen molar-refractivity contribution in [2.24, 2.45) is 0 Å². The van der Waals surface area contributed by atoms with E-state index in [1.54, 1.807) is 20.8 Å². The molecule has 5 nitrogen and oxygen atoms in total. The molecule has 0 saturated heterocycles. The second-order valence-electron chi connectivity index (χ2n) is 3.18. The SMILES string of the molecule is Cc1c(C)c(O)c(O)c([N+](=O)[O-])c1C. The van der Waals surface area contributed by atoms with Gasteiger partial charge >= 0.3 is 5.69 Å². The highest BCUT2D eigenvalue weighted by Crippen LogP contribution is 2.42. The predicted octanol–water partition coefficient (Wildman–Crippen LogP) is 1.93. The average molecular weight is 197 g/mol. The number of rotatable bonds is 1. The molecule has 5 heteroatoms. The first-order chi connectivity index (χ1) is 6.37. The van der Waals surface area contributed by atoms with E-state index in [2.05, 4.69) is 0 Å². The van der Waals surface area contributed by atoms with Gasteiger partial charge in [0, 0.05) is 5.56 Å². The van der Waals surface area contributed by atoms with Gasteiger partial charge in [-0.3, -0.25) is 10.1 Å². The Bertz CT molecular complexity index is 383. The van der Waals surface area contributed by atoms with Gasteiger partial charge < -0.3 is 10.2 Å². The number of hydrogen-bond acceptors (Lipinski definition) is 4. The average Bonchev–Trinajstić information content (AvgIpc) is 2.11. The molecular formula is C9H11NO4. The van der Waals surface area contributed by atoms with Gasteiger partial charge in [-0.15, -0.1) is 0 Å². The zero-order valence-corrected chi connectivity index (χ0v) is 8.16. The largest absolute Gasteiger partial charge is 0.504 e. The maximum Gasteiger partial charge on any atom is 0.317 e. The van der Waals surface area contributed by atoms with Crippen LogP contribution < -0.4 is 0 Å². The van der Waals surface area contributed by atoms with Crippen LogP contribution >= 0.6 is 0 Å². The van der Waals surface area contributed by atoms with E-state index in [9.17, 15) is 20.3 Å². The molecule has 1 aromatic rings. The molecule has 0 aliphatic carbocycles. The fourth-order valence-corrected chi connectivity index (χ4v) is 1.33. The van der Waals surface area contributed by atoms with Gasteiger partial charge in [0.25, 0.3) is 0 Å². The molecule has 0 amide bonds. The highest BCUT2D eigenvalue weighted by Gasteiger charge is 2.24. The fraction of sp³-hybridized carbons (Fsp3) is 0.333. The van der Waals surface area contributed by atoms with Crippen molar-refractivity contribution in [2.75, 3.05) is 0 Å². The van der Waals surface area contributed by atoms with Crippen LogP contribution in [0.25, 0.3) is 0 Å². The van der Waals surface area contributed by atoms with Crippen LogP contribution in [-0.2, 0) is 0 Å². The van der Waals surface area contributed by atoms with Crippen LogP contribution in [-0.4, -0.2) is 15.1 Å². The van der Waals surface area contributed by atoms with Crippen molar-refractivity contribution in [3.8, 4) is 11.5 Å². The van der Waals surface area contributed by atoms with Gasteiger partial charge in [-0.1, -0.05) is 0 Å². The predicted molar refractivity (Wildman–Crippen MR) is 50.6 cm³/mol. The summed E-state index contributed by atoms with van der Waals surface area (Å²) in [6.07, 6.45) is 0. The Morgan fingerprint density at radius 2 is 1.50 bits per heavy atom. The molecule has 2 N–H and O–H groups in total. The molecule has 14 heavy (non-hydrogen) atoms. The van der Waals surface area contributed by atoms with Gasteiger partial charge in [0.05, 0.1) is 4.92 Å². The van der Waals surface area contributed by atoms with Crippen molar-refractivity contribution >= 4 is 5.69 Å². The van der Waals surface area contributed by atoms with Gasteiger partial charge in [0.15, 0.2) is 5.75 Å². The van der Waals surface area contributed by atoms with Crippen LogP contribution in [0.2, 0.25) is 0 Å². The third-order valence-electron chi connectivity index (χ3n) is 2.47. The van der Waals surface area contributed by atoms with Gasteiger partial charge in [0.2, 0.25) is 5.75 Å². The second-order valence-corrected chi connectivity index (χ2v) is 3.18. The Morgan fingerprint density at radius 1 is 1.00 bits per heavy atom. The summed E-state index contributed by atoms with van der Waals surface area (Å²) in [4.78, 5) is 9.90. The van der Waals surface area contributed by atoms with Crippen molar-refractivity contribution < 1.29 is 15.1 Å². The monoisotopic (exact) mass is 197 g/mol. The summed E-state index contributed by atoms with van der Waals surface area (Å²) >= 11 is 0. The molecule has 0 radical (unpaired) electrons. The number of aromatic hydroxyl groups is 2. The molecule has 0 aromatic heterocycles. The van der Waals surface area contributed by atoms with E-state index in [-0.39, 0.29) is 0 Å². The van der Waals surface area contributed by atoms with Gasteiger partial charge in [-0.05, 0) is 31.9 Å². The molecule has 0 heterocycles. The van der Waals surface area contributed by atoms with Crippen LogP contribution in [0.15, 0.2) is 0 Å². The standard InChI is InChI=1S/C9H11NO4/c1-4-5(2)7(10(13)14)9(12)8(11)6(4)3/h11-12H,1-3H3. The van der Waals surface area contributed by atoms with Gasteiger partial charge in [-0.2, -0.15) is 0 Å². The Balaban J connectivity index is 3.68. The Hall–Kier alpha value is -1.78. The second kappa shape index (κ2) is 3.17. The van der Waals surface area contributed by atoms with Crippen LogP contribution in [0.5, 0.6) is 11.5 Å². The lowest BCUT2D eigenvalue weighted by Crippen LogP contribution is -1.97. The van der Waals surface area contributed by atoms with Crippen LogP contribution in [0.3, 0.4) is 0 Å². The van der Waals surface area contributed by atoms with E-state index in [0.717, 1.165) is 0 Å². The zero-order valence-electron chi connectivity index (χ0n) is 8.16. The molecule has 0 unspecified atom stereocenters. The van der Waals surface area contributed by atoms with E-state index in [0.29, 0.717) is 16.7 Å². The van der Waals surface area contributed by atoms with E-state index in [4.69, 9.17) is 0 Å². The summed E-state index contributed by atoms with van der Waals surface area (Å²) in [7, 11) is 0. The zero-order chi connectivity index (χ0) is 11.0. The lowest BCUT2D eigenvalue weighted by molar-refractivity contribution is -0.386. The summed E-state index contributed by atoms with van der Waals surface area (Å²) in [5, 5.41) is 29.3. The first kappa shape index (κ1) is 10.3. The molecule has 0 atom stereocenters. The van der Waals surface area contributed by atoms with Crippen molar-refractivity contribution in [1.29, 1.82) is 0 Å². The topological polar surface area (TPSA) is 83.6 Å². The molecule has 0 fully saturated rings. The molecule has 1 aromatic carbocycles. The molecular weight excluding hydrogens is 186 g/mol. The molecule has 0 aliphatic rings. The number of nitrogens with zero attached hydrogens (tertiary/aromatic N) is 1. The highest BCUT2D eigenvalue weighted by atomic mass is 16.6. The quantitative estimate of drug-likeness (QED) is 0.409. The van der Waals surface area contributed by atoms with Gasteiger partial charge in [-0.25, -0.2) is 0 Å². The number of nitro benzene ring substituents is 1. The summed E-state index contributed by atoms with van der Waals surface area (Å²) in [5.74, 6) is -1.07. The minimum Gasteiger partial charge on any atom is -0.504 e. The summed E-state index contributed by atoms with van der Waals surface area (Å²) < 4.78 is 0. The normalized spacial score (nSPS) is 10.2. The number of phenolic OH excluding ortho intramolecular Hbond substituents is 2. The first-order valence-corrected chi connectivity index (χ1v) is 4.04. The number of benzene rings is 1. The van der Waals surface area contributed by atoms with Crippen LogP contribution in [0.4, 0.5) is 5.69 Å². The minimum atomic E-state index is -0.698. The van der Waals surface area contributed by atoms with Crippen molar-refractivity contribution in [2.45, 2.75) is 20.8 Å². The van der Waals surface area contributed by atoms with Crippen molar-refractivity contribution in [1.82, 2.24) is 0 Å². The van der Waals surface area contributed by atoms with Crippen molar-refractivity contribution in [3.63, 3.8) is 0 Å². The first-order valence-electron chi connectivity index (χ1n) is 4.04. The van der Waals surface area contributed by atoms with Crippen LogP contribution in [0.1, 0.15) is 16.7 Å². The van der Waals surface area contributed by atoms with E-state index < -0.39 is 22.1 Å². The molecule has 0 bridgehead atoms. The summed E-state index contributed by atoms with van der Waals surface area (Å²) in [6.45, 7) is 4.80. The molecule has 1 rings (SSSR count). The Labute approximate surface area is 80.8 Å². The summed E-state index contributed by atoms with van der Waals surface area (Å²) in [6, 6.07) is 0. The molecule has 0 aliphatic heterocycles. The Kier molecular flexibility index (Phi) is 2.33. The molecule has 0 saturated carbocycles. The third kappa shape index (κ3) is 1.26. The summed E-state index contributed by atoms with van der Waals surface area (Å²) in [5.41, 5.74) is 1.03. The number of nitro groups is 1. The van der Waals surface area contributed by atoms with E-state index in [1.165, 1.54) is 0 Å². The number of hydrogen-bond donors (Lipinski definition) is 2. The lowest BCUT2D eigenvalue weighted by Gasteiger charge is -2.09. The fourth-order valence-electron chi connectivity index (χ4n) is 1.33. The van der Waals surface area contributed by atoms with Crippen molar-refractivity contribution in [3.05, 3.63) is 26.8 Å². The third-order valence-corrected chi connectivity index (χ3v) is 2.47. The Morgan fingerprint density at radius 3 is 1.93 bits per heavy atom. The van der Waals surface area contributed by atoms with E-state index >= 15 is 0 Å². The maximum atomic E-state index is 10.6. The minimum absolute atomic E-state index is 0.378. The number of phenols is 2. The molecule has 76 valence electrons. The highest BCUT2D eigenvalue weighted by molar-refractivity contribution is 5.65. The van der Waals surface area contributed by atoms with Gasteiger partial charge in [0.1, 0.15) is 0 Å². The van der Waals surface area contributed by atoms with E-state index in [1.807, 2.05) is 0 Å². The smallest absolute Gasteiger partial charge is 0.317 e. The van der Waals surface area contributed by atoms with Crippen LogP contribution in [0, 0.1) is 30.9 Å².